The van der Waals surface area contributed by atoms with Crippen LogP contribution in [0.3, 0.4) is 0 Å². The molecule has 1 N–H and O–H groups in total. The van der Waals surface area contributed by atoms with Crippen molar-refractivity contribution in [2.24, 2.45) is 0 Å². The second-order valence-corrected chi connectivity index (χ2v) is 15.9. The molecular formula is C52H52IrN3O-. The Kier molecular flexibility index (Phi) is 12.6. The molecule has 0 unspecified atom stereocenters. The first-order valence-corrected chi connectivity index (χ1v) is 19.8. The number of aryl methyl sites for hydroxylation is 3. The van der Waals surface area contributed by atoms with Crippen molar-refractivity contribution < 1.29 is 25.2 Å². The average Bonchev–Trinajstić information content (AvgIpc) is 3.56. The molecule has 6 aromatic carbocycles. The van der Waals surface area contributed by atoms with Crippen LogP contribution in [0, 0.1) is 26.8 Å². The zero-order valence-electron chi connectivity index (χ0n) is 34.5. The van der Waals surface area contributed by atoms with Crippen LogP contribution in [0.25, 0.3) is 61.3 Å². The van der Waals surface area contributed by atoms with E-state index in [2.05, 4.69) is 163 Å². The number of hydrogen-bond donors (Lipinski definition) is 1. The van der Waals surface area contributed by atoms with Crippen molar-refractivity contribution in [2.45, 2.75) is 80.1 Å². The molecule has 0 spiro atoms. The minimum absolute atomic E-state index is 0. The van der Waals surface area contributed by atoms with Crippen LogP contribution in [-0.4, -0.2) is 19.6 Å². The van der Waals surface area contributed by atoms with Gasteiger partial charge in [0.1, 0.15) is 11.6 Å². The Morgan fingerprint density at radius 1 is 0.614 bits per heavy atom. The van der Waals surface area contributed by atoms with Crippen LogP contribution >= 0.6 is 0 Å². The average molecular weight is 927 g/mol. The molecule has 0 saturated heterocycles. The van der Waals surface area contributed by atoms with Crippen molar-refractivity contribution in [3.8, 4) is 45.2 Å². The number of rotatable bonds is 7. The van der Waals surface area contributed by atoms with Crippen LogP contribution in [0.15, 0.2) is 128 Å². The standard InChI is InChI=1S/C31H30N2O.C21H22N.Ir/c1-20(2)25-18-23(22-12-6-5-7-13-22)19-26(21(3)4)30(25)33-28-16-10-9-15-27(28)32-31(33)24-14-8-11-17-29(24)34;1-13(2)18-6-7-20-19(16(18)5)8-9-22-21(20)17-11-14(3)10-15(4)12-17;/h5-21,34H,1-4H3;6-11,13H,1-5H3;/q;-1;. The maximum atomic E-state index is 10.8. The van der Waals surface area contributed by atoms with Crippen LogP contribution in [0.5, 0.6) is 5.75 Å². The van der Waals surface area contributed by atoms with Gasteiger partial charge in [0.25, 0.3) is 0 Å². The van der Waals surface area contributed by atoms with E-state index in [0.29, 0.717) is 17.8 Å². The van der Waals surface area contributed by atoms with Crippen molar-refractivity contribution in [2.75, 3.05) is 0 Å². The van der Waals surface area contributed by atoms with E-state index < -0.39 is 0 Å². The van der Waals surface area contributed by atoms with Gasteiger partial charge in [0, 0.05) is 26.3 Å². The second kappa shape index (κ2) is 17.4. The van der Waals surface area contributed by atoms with Crippen LogP contribution in [-0.2, 0) is 20.1 Å². The summed E-state index contributed by atoms with van der Waals surface area (Å²) in [6.07, 6.45) is 1.92. The first kappa shape index (κ1) is 41.3. The summed E-state index contributed by atoms with van der Waals surface area (Å²) in [7, 11) is 0. The Hall–Kier alpha value is -5.35. The van der Waals surface area contributed by atoms with Crippen LogP contribution in [0.2, 0.25) is 0 Å². The van der Waals surface area contributed by atoms with Crippen molar-refractivity contribution in [1.82, 2.24) is 14.5 Å². The molecule has 2 heterocycles. The van der Waals surface area contributed by atoms with E-state index in [4.69, 9.17) is 4.98 Å². The quantitative estimate of drug-likeness (QED) is 0.162. The maximum absolute atomic E-state index is 10.8. The summed E-state index contributed by atoms with van der Waals surface area (Å²) in [6.45, 7) is 19.9. The van der Waals surface area contributed by atoms with Crippen LogP contribution < -0.4 is 0 Å². The summed E-state index contributed by atoms with van der Waals surface area (Å²) < 4.78 is 2.25. The van der Waals surface area contributed by atoms with Gasteiger partial charge in [0.05, 0.1) is 22.3 Å². The Morgan fingerprint density at radius 2 is 1.25 bits per heavy atom. The first-order chi connectivity index (χ1) is 26.9. The van der Waals surface area contributed by atoms with Gasteiger partial charge in [0.15, 0.2) is 0 Å². The number of hydrogen-bond acceptors (Lipinski definition) is 3. The van der Waals surface area contributed by atoms with Gasteiger partial charge >= 0.3 is 0 Å². The summed E-state index contributed by atoms with van der Waals surface area (Å²) in [4.78, 5) is 9.65. The molecule has 0 saturated carbocycles. The predicted molar refractivity (Wildman–Crippen MR) is 236 cm³/mol. The number of benzene rings is 6. The van der Waals surface area contributed by atoms with Gasteiger partial charge in [-0.25, -0.2) is 4.98 Å². The van der Waals surface area contributed by atoms with E-state index in [1.807, 2.05) is 36.5 Å². The molecule has 0 aliphatic carbocycles. The topological polar surface area (TPSA) is 50.9 Å². The Bertz CT molecular complexity index is 2620. The number of nitrogens with zero attached hydrogens (tertiary/aromatic N) is 3. The Morgan fingerprint density at radius 3 is 1.89 bits per heavy atom. The molecule has 0 atom stereocenters. The monoisotopic (exact) mass is 927 g/mol. The van der Waals surface area contributed by atoms with Gasteiger partial charge in [0.2, 0.25) is 0 Å². The number of phenols is 1. The fourth-order valence-electron chi connectivity index (χ4n) is 8.00. The van der Waals surface area contributed by atoms with Crippen molar-refractivity contribution in [3.63, 3.8) is 0 Å². The third-order valence-electron chi connectivity index (χ3n) is 10.7. The molecule has 8 aromatic rings. The van der Waals surface area contributed by atoms with Gasteiger partial charge in [-0.3, -0.25) is 4.57 Å². The minimum atomic E-state index is 0. The smallest absolute Gasteiger partial charge is 0.149 e. The number of aromatic nitrogens is 3. The zero-order valence-corrected chi connectivity index (χ0v) is 36.9. The van der Waals surface area contributed by atoms with Gasteiger partial charge in [-0.15, -0.1) is 34.9 Å². The predicted octanol–water partition coefficient (Wildman–Crippen LogP) is 14.1. The fraction of sp³-hybridized carbons (Fsp3) is 0.231. The second-order valence-electron chi connectivity index (χ2n) is 15.9. The van der Waals surface area contributed by atoms with Gasteiger partial charge in [-0.1, -0.05) is 122 Å². The minimum Gasteiger partial charge on any atom is -0.507 e. The van der Waals surface area contributed by atoms with Crippen molar-refractivity contribution in [1.29, 1.82) is 0 Å². The number of pyridine rings is 1. The molecule has 57 heavy (non-hydrogen) atoms. The number of imidazole rings is 1. The van der Waals surface area contributed by atoms with E-state index in [9.17, 15) is 5.11 Å². The first-order valence-electron chi connectivity index (χ1n) is 19.8. The third-order valence-corrected chi connectivity index (χ3v) is 10.7. The molecule has 4 nitrogen and oxygen atoms in total. The molecule has 0 fully saturated rings. The number of fused-ring (bicyclic) bond motifs is 2. The number of phenolic OH excluding ortho intramolecular Hbond substituents is 1. The molecule has 5 heteroatoms. The summed E-state index contributed by atoms with van der Waals surface area (Å²) in [6, 6.07) is 45.3. The molecule has 0 bridgehead atoms. The molecule has 1 radical (unpaired) electrons. The Labute approximate surface area is 352 Å². The maximum Gasteiger partial charge on any atom is 0.149 e. The summed E-state index contributed by atoms with van der Waals surface area (Å²) in [5.41, 5.74) is 16.1. The van der Waals surface area contributed by atoms with Crippen molar-refractivity contribution >= 4 is 21.8 Å². The summed E-state index contributed by atoms with van der Waals surface area (Å²) in [5.74, 6) is 2.13. The van der Waals surface area contributed by atoms with E-state index in [1.165, 1.54) is 49.7 Å². The number of para-hydroxylation sites is 3. The van der Waals surface area contributed by atoms with E-state index >= 15 is 0 Å². The van der Waals surface area contributed by atoms with Crippen molar-refractivity contribution in [3.05, 3.63) is 167 Å². The molecule has 0 aliphatic heterocycles. The molecule has 291 valence electrons. The molecule has 0 aliphatic rings. The van der Waals surface area contributed by atoms with Crippen LogP contribution in [0.4, 0.5) is 0 Å². The van der Waals surface area contributed by atoms with E-state index in [1.54, 1.807) is 6.07 Å². The molecule has 2 aromatic heterocycles. The molecular weight excluding hydrogens is 875 g/mol. The Balaban J connectivity index is 0.000000207. The third kappa shape index (κ3) is 8.37. The molecule has 8 rings (SSSR count). The van der Waals surface area contributed by atoms with E-state index in [-0.39, 0.29) is 25.9 Å². The fourth-order valence-corrected chi connectivity index (χ4v) is 8.00. The number of aromatic hydroxyl groups is 1. The van der Waals surface area contributed by atoms with Gasteiger partial charge in [-0.05, 0) is 117 Å². The molecule has 0 amide bonds. The van der Waals surface area contributed by atoms with Crippen LogP contribution in [0.1, 0.15) is 92.7 Å². The largest absolute Gasteiger partial charge is 0.507 e. The van der Waals surface area contributed by atoms with E-state index in [0.717, 1.165) is 44.9 Å². The summed E-state index contributed by atoms with van der Waals surface area (Å²) in [5, 5.41) is 13.3. The normalized spacial score (nSPS) is 11.3. The SMILES string of the molecule is CC(C)c1cc(-c2ccccc2)cc(C(C)C)c1-n1c(-c2ccccc2O)nc2ccccc21.Cc1[c-]c(-c2nccc3c(C)c(C(C)C)ccc23)cc(C)c1.[Ir]. The zero-order chi connectivity index (χ0) is 39.7. The van der Waals surface area contributed by atoms with Gasteiger partial charge in [-0.2, -0.15) is 0 Å². The van der Waals surface area contributed by atoms with Gasteiger partial charge < -0.3 is 10.1 Å². The summed E-state index contributed by atoms with van der Waals surface area (Å²) >= 11 is 0.